The second kappa shape index (κ2) is 2.21. The van der Waals surface area contributed by atoms with E-state index in [9.17, 15) is 4.79 Å². The number of anilines is 1. The Kier molecular flexibility index (Phi) is 1.40. The standard InChI is InChI=1S/C5H5N3O/c6-4-3-7-2-1-5(9)8-4/h1-3H,(H2,6,8,9). The molecule has 0 atom stereocenters. The van der Waals surface area contributed by atoms with Crippen LogP contribution in [0.4, 0.5) is 5.82 Å². The predicted octanol–water partition coefficient (Wildman–Crippen LogP) is -0.581. The molecule has 0 saturated carbocycles. The van der Waals surface area contributed by atoms with Crippen LogP contribution in [-0.4, -0.2) is 9.97 Å². The molecule has 0 aromatic carbocycles. The Labute approximate surface area is 51.4 Å². The van der Waals surface area contributed by atoms with Crippen LogP contribution in [0, 0.1) is 0 Å². The van der Waals surface area contributed by atoms with Crippen molar-refractivity contribution < 1.29 is 0 Å². The first kappa shape index (κ1) is 5.68. The highest BCUT2D eigenvalue weighted by molar-refractivity contribution is 5.20. The smallest absolute Gasteiger partial charge is 0.273 e. The third kappa shape index (κ3) is 1.49. The van der Waals surface area contributed by atoms with Gasteiger partial charge in [-0.15, -0.1) is 0 Å². The third-order valence-electron chi connectivity index (χ3n) is 0.749. The highest BCUT2D eigenvalue weighted by Crippen LogP contribution is 1.80. The molecule has 4 nitrogen and oxygen atoms in total. The first-order valence-corrected chi connectivity index (χ1v) is 2.37. The molecule has 1 aromatic rings. The van der Waals surface area contributed by atoms with E-state index in [-0.39, 0.29) is 11.4 Å². The van der Waals surface area contributed by atoms with Crippen molar-refractivity contribution >= 4 is 5.82 Å². The summed E-state index contributed by atoms with van der Waals surface area (Å²) in [5, 5.41) is 0. The fourth-order valence-electron chi connectivity index (χ4n) is 0.420. The zero-order chi connectivity index (χ0) is 6.69. The summed E-state index contributed by atoms with van der Waals surface area (Å²) < 4.78 is 0. The summed E-state index contributed by atoms with van der Waals surface area (Å²) in [4.78, 5) is 17.5. The predicted molar refractivity (Wildman–Crippen MR) is 32.7 cm³/mol. The third-order valence-corrected chi connectivity index (χ3v) is 0.749. The van der Waals surface area contributed by atoms with E-state index < -0.39 is 0 Å². The number of hydrogen-bond acceptors (Lipinski definition) is 4. The molecule has 0 amide bonds. The van der Waals surface area contributed by atoms with Crippen molar-refractivity contribution in [3.63, 3.8) is 0 Å². The summed E-state index contributed by atoms with van der Waals surface area (Å²) in [5.41, 5.74) is 4.79. The summed E-state index contributed by atoms with van der Waals surface area (Å²) in [6, 6.07) is 1.25. The molecule has 0 aliphatic carbocycles. The Bertz CT molecular complexity index is 260. The van der Waals surface area contributed by atoms with Gasteiger partial charge in [0.25, 0.3) is 5.56 Å². The zero-order valence-electron chi connectivity index (χ0n) is 4.61. The zero-order valence-corrected chi connectivity index (χ0v) is 4.61. The van der Waals surface area contributed by atoms with Crippen LogP contribution < -0.4 is 11.3 Å². The van der Waals surface area contributed by atoms with E-state index in [1.807, 2.05) is 0 Å². The molecule has 4 heteroatoms. The first-order valence-electron chi connectivity index (χ1n) is 2.37. The van der Waals surface area contributed by atoms with Gasteiger partial charge < -0.3 is 5.73 Å². The van der Waals surface area contributed by atoms with Gasteiger partial charge in [-0.3, -0.25) is 9.78 Å². The maximum absolute atomic E-state index is 10.5. The molecule has 46 valence electrons. The number of nitrogens with two attached hydrogens (primary N) is 1. The van der Waals surface area contributed by atoms with Gasteiger partial charge in [-0.25, -0.2) is 0 Å². The van der Waals surface area contributed by atoms with Gasteiger partial charge in [-0.2, -0.15) is 4.98 Å². The van der Waals surface area contributed by atoms with E-state index in [4.69, 9.17) is 5.73 Å². The van der Waals surface area contributed by atoms with Gasteiger partial charge in [0.2, 0.25) is 0 Å². The fraction of sp³-hybridized carbons (Fsp3) is 0. The van der Waals surface area contributed by atoms with Crippen LogP contribution in [0.5, 0.6) is 0 Å². The minimum atomic E-state index is -0.370. The van der Waals surface area contributed by atoms with E-state index in [0.717, 1.165) is 0 Å². The Morgan fingerprint density at radius 3 is 3.11 bits per heavy atom. The monoisotopic (exact) mass is 123 g/mol. The van der Waals surface area contributed by atoms with Gasteiger partial charge in [0.1, 0.15) is 5.82 Å². The van der Waals surface area contributed by atoms with Crippen molar-refractivity contribution in [3.8, 4) is 0 Å². The molecule has 0 bridgehead atoms. The number of rotatable bonds is 0. The molecular weight excluding hydrogens is 118 g/mol. The molecule has 1 aromatic heterocycles. The van der Waals surface area contributed by atoms with E-state index in [0.29, 0.717) is 0 Å². The lowest BCUT2D eigenvalue weighted by atomic mass is 10.7. The molecular formula is C5H5N3O. The van der Waals surface area contributed by atoms with Crippen molar-refractivity contribution in [2.75, 3.05) is 5.73 Å². The largest absolute Gasteiger partial charge is 0.382 e. The first-order chi connectivity index (χ1) is 4.29. The Hall–Kier alpha value is -1.45. The minimum absolute atomic E-state index is 0.144. The van der Waals surface area contributed by atoms with E-state index in [1.165, 1.54) is 18.5 Å². The Morgan fingerprint density at radius 1 is 1.56 bits per heavy atom. The van der Waals surface area contributed by atoms with E-state index >= 15 is 0 Å². The Balaban J connectivity index is 3.37. The van der Waals surface area contributed by atoms with Crippen LogP contribution in [-0.2, 0) is 0 Å². The molecule has 9 heavy (non-hydrogen) atoms. The molecule has 0 spiro atoms. The summed E-state index contributed by atoms with van der Waals surface area (Å²) >= 11 is 0. The lowest BCUT2D eigenvalue weighted by molar-refractivity contribution is 1.28. The maximum Gasteiger partial charge on any atom is 0.273 e. The lowest BCUT2D eigenvalue weighted by Gasteiger charge is -1.74. The summed E-state index contributed by atoms with van der Waals surface area (Å²) in [6.45, 7) is 0. The van der Waals surface area contributed by atoms with Crippen LogP contribution in [0.1, 0.15) is 0 Å². The summed E-state index contributed by atoms with van der Waals surface area (Å²) in [6.07, 6.45) is 2.67. The molecule has 0 aliphatic rings. The molecule has 0 aliphatic heterocycles. The average Bonchev–Trinajstić information content (AvgIpc) is 1.93. The molecule has 0 radical (unpaired) electrons. The fourth-order valence-corrected chi connectivity index (χ4v) is 0.420. The second-order valence-electron chi connectivity index (χ2n) is 1.47. The van der Waals surface area contributed by atoms with Crippen molar-refractivity contribution in [2.24, 2.45) is 0 Å². The quantitative estimate of drug-likeness (QED) is 0.501. The summed E-state index contributed by atoms with van der Waals surface area (Å²) in [5.74, 6) is 0.144. The van der Waals surface area contributed by atoms with Gasteiger partial charge >= 0.3 is 0 Å². The van der Waals surface area contributed by atoms with Crippen LogP contribution in [0.15, 0.2) is 23.3 Å². The van der Waals surface area contributed by atoms with Gasteiger partial charge in [-0.05, 0) is 0 Å². The SMILES string of the molecule is Nc1cnccc(=O)n1. The van der Waals surface area contributed by atoms with Gasteiger partial charge in [-0.1, -0.05) is 0 Å². The highest BCUT2D eigenvalue weighted by Gasteiger charge is 1.81. The van der Waals surface area contributed by atoms with Gasteiger partial charge in [0.05, 0.1) is 6.20 Å². The van der Waals surface area contributed by atoms with Crippen molar-refractivity contribution in [1.82, 2.24) is 9.97 Å². The van der Waals surface area contributed by atoms with Gasteiger partial charge in [0, 0.05) is 12.3 Å². The van der Waals surface area contributed by atoms with Crippen molar-refractivity contribution in [2.45, 2.75) is 0 Å². The summed E-state index contributed by atoms with van der Waals surface area (Å²) in [7, 11) is 0. The second-order valence-corrected chi connectivity index (χ2v) is 1.47. The molecule has 1 rings (SSSR count). The molecule has 1 heterocycles. The van der Waals surface area contributed by atoms with Crippen molar-refractivity contribution in [1.29, 1.82) is 0 Å². The van der Waals surface area contributed by atoms with Gasteiger partial charge in [0.15, 0.2) is 0 Å². The normalized spacial score (nSPS) is 8.89. The number of nitrogens with zero attached hydrogens (tertiary/aromatic N) is 2. The van der Waals surface area contributed by atoms with E-state index in [2.05, 4.69) is 9.97 Å². The molecule has 0 unspecified atom stereocenters. The van der Waals surface area contributed by atoms with E-state index in [1.54, 1.807) is 0 Å². The topological polar surface area (TPSA) is 68.9 Å². The number of hydrogen-bond donors (Lipinski definition) is 1. The average molecular weight is 123 g/mol. The van der Waals surface area contributed by atoms with Crippen LogP contribution in [0.2, 0.25) is 0 Å². The Morgan fingerprint density at radius 2 is 2.33 bits per heavy atom. The minimum Gasteiger partial charge on any atom is -0.382 e. The molecule has 0 saturated heterocycles. The van der Waals surface area contributed by atoms with Crippen LogP contribution >= 0.6 is 0 Å². The van der Waals surface area contributed by atoms with Crippen molar-refractivity contribution in [3.05, 3.63) is 28.8 Å². The molecule has 0 fully saturated rings. The lowest BCUT2D eigenvalue weighted by Crippen LogP contribution is -2.01. The van der Waals surface area contributed by atoms with Crippen LogP contribution in [0.25, 0.3) is 0 Å². The maximum atomic E-state index is 10.5. The highest BCUT2D eigenvalue weighted by atomic mass is 16.1. The number of aromatic nitrogens is 2. The number of nitrogen functional groups attached to an aromatic ring is 1. The molecule has 2 N–H and O–H groups in total. The van der Waals surface area contributed by atoms with Crippen LogP contribution in [0.3, 0.4) is 0 Å².